The van der Waals surface area contributed by atoms with Crippen molar-refractivity contribution in [2.24, 2.45) is 0 Å². The standard InChI is InChI=1S/C11H8N2O3/c1-3-8(2)16-11-5-4-10(13(14)15)6-9(11)7-12/h1,4-6,8H,2H3. The quantitative estimate of drug-likeness (QED) is 0.439. The fourth-order valence-electron chi connectivity index (χ4n) is 1.05. The molecular weight excluding hydrogens is 208 g/mol. The Balaban J connectivity index is 3.09. The topological polar surface area (TPSA) is 76.2 Å². The molecule has 0 aliphatic heterocycles. The van der Waals surface area contributed by atoms with Gasteiger partial charge < -0.3 is 4.74 Å². The second-order valence-electron chi connectivity index (χ2n) is 2.98. The molecule has 0 spiro atoms. The number of non-ortho nitro benzene ring substituents is 1. The first kappa shape index (κ1) is 11.5. The van der Waals surface area contributed by atoms with Crippen molar-refractivity contribution < 1.29 is 9.66 Å². The highest BCUT2D eigenvalue weighted by Gasteiger charge is 2.12. The molecule has 0 bridgehead atoms. The highest BCUT2D eigenvalue weighted by atomic mass is 16.6. The van der Waals surface area contributed by atoms with Crippen LogP contribution in [-0.4, -0.2) is 11.0 Å². The summed E-state index contributed by atoms with van der Waals surface area (Å²) in [6, 6.07) is 5.60. The molecule has 5 heteroatoms. The van der Waals surface area contributed by atoms with Crippen molar-refractivity contribution in [1.29, 1.82) is 5.26 Å². The summed E-state index contributed by atoms with van der Waals surface area (Å²) in [5.41, 5.74) is -0.0615. The van der Waals surface area contributed by atoms with E-state index in [0.29, 0.717) is 0 Å². The summed E-state index contributed by atoms with van der Waals surface area (Å²) in [5.74, 6) is 2.59. The molecule has 0 saturated heterocycles. The molecule has 5 nitrogen and oxygen atoms in total. The number of ether oxygens (including phenoxy) is 1. The van der Waals surface area contributed by atoms with Gasteiger partial charge in [0.25, 0.3) is 5.69 Å². The van der Waals surface area contributed by atoms with Crippen LogP contribution in [0.3, 0.4) is 0 Å². The molecule has 0 fully saturated rings. The molecule has 0 heterocycles. The maximum absolute atomic E-state index is 10.5. The summed E-state index contributed by atoms with van der Waals surface area (Å²) >= 11 is 0. The summed E-state index contributed by atoms with van der Waals surface area (Å²) in [6.45, 7) is 1.64. The van der Waals surface area contributed by atoms with Gasteiger partial charge in [0.2, 0.25) is 0 Å². The zero-order valence-corrected chi connectivity index (χ0v) is 8.51. The molecule has 80 valence electrons. The van der Waals surface area contributed by atoms with Gasteiger partial charge in [-0.05, 0) is 13.0 Å². The SMILES string of the molecule is C#CC(C)Oc1ccc([N+](=O)[O-])cc1C#N. The number of nitriles is 1. The summed E-state index contributed by atoms with van der Waals surface area (Å²) in [7, 11) is 0. The van der Waals surface area contributed by atoms with Gasteiger partial charge in [-0.15, -0.1) is 6.42 Å². The number of hydrogen-bond acceptors (Lipinski definition) is 4. The zero-order valence-electron chi connectivity index (χ0n) is 8.51. The van der Waals surface area contributed by atoms with E-state index >= 15 is 0 Å². The molecule has 0 aliphatic rings. The van der Waals surface area contributed by atoms with Crippen molar-refractivity contribution in [3.8, 4) is 24.2 Å². The number of nitro groups is 1. The minimum absolute atomic E-state index is 0.0938. The molecule has 1 aromatic carbocycles. The largest absolute Gasteiger partial charge is 0.477 e. The second kappa shape index (κ2) is 4.81. The third-order valence-electron chi connectivity index (χ3n) is 1.83. The van der Waals surface area contributed by atoms with E-state index < -0.39 is 11.0 Å². The Morgan fingerprint density at radius 3 is 2.81 bits per heavy atom. The van der Waals surface area contributed by atoms with Gasteiger partial charge in [-0.3, -0.25) is 10.1 Å². The number of nitro benzene ring substituents is 1. The van der Waals surface area contributed by atoms with Crippen LogP contribution in [0.1, 0.15) is 12.5 Å². The van der Waals surface area contributed by atoms with E-state index in [1.807, 2.05) is 6.07 Å². The van der Waals surface area contributed by atoms with Gasteiger partial charge >= 0.3 is 0 Å². The molecule has 1 unspecified atom stereocenters. The van der Waals surface area contributed by atoms with Gasteiger partial charge in [0.15, 0.2) is 6.10 Å². The van der Waals surface area contributed by atoms with Crippen molar-refractivity contribution in [3.05, 3.63) is 33.9 Å². The van der Waals surface area contributed by atoms with Crippen LogP contribution in [0.25, 0.3) is 0 Å². The van der Waals surface area contributed by atoms with Crippen molar-refractivity contribution in [2.45, 2.75) is 13.0 Å². The van der Waals surface area contributed by atoms with Crippen molar-refractivity contribution >= 4 is 5.69 Å². The number of hydrogen-bond donors (Lipinski definition) is 0. The molecule has 0 amide bonds. The fourth-order valence-corrected chi connectivity index (χ4v) is 1.05. The Hall–Kier alpha value is -2.53. The van der Waals surface area contributed by atoms with Crippen LogP contribution >= 0.6 is 0 Å². The van der Waals surface area contributed by atoms with Gasteiger partial charge in [-0.1, -0.05) is 5.92 Å². The van der Waals surface area contributed by atoms with E-state index in [4.69, 9.17) is 16.4 Å². The Bertz CT molecular complexity index is 497. The van der Waals surface area contributed by atoms with Gasteiger partial charge in [-0.2, -0.15) is 5.26 Å². The number of rotatable bonds is 3. The second-order valence-corrected chi connectivity index (χ2v) is 2.98. The molecule has 0 aliphatic carbocycles. The average Bonchev–Trinajstić information content (AvgIpc) is 2.29. The van der Waals surface area contributed by atoms with Crippen LogP contribution in [0.2, 0.25) is 0 Å². The minimum Gasteiger partial charge on any atom is -0.477 e. The molecule has 0 saturated carbocycles. The lowest BCUT2D eigenvalue weighted by Gasteiger charge is -2.09. The highest BCUT2D eigenvalue weighted by Crippen LogP contribution is 2.24. The lowest BCUT2D eigenvalue weighted by Crippen LogP contribution is -2.09. The number of benzene rings is 1. The van der Waals surface area contributed by atoms with Crippen LogP contribution in [0.4, 0.5) is 5.69 Å². The van der Waals surface area contributed by atoms with E-state index in [9.17, 15) is 10.1 Å². The van der Waals surface area contributed by atoms with E-state index in [2.05, 4.69) is 5.92 Å². The summed E-state index contributed by atoms with van der Waals surface area (Å²) in [5, 5.41) is 19.3. The van der Waals surface area contributed by atoms with Crippen molar-refractivity contribution in [1.82, 2.24) is 0 Å². The number of terminal acetylenes is 1. The third kappa shape index (κ3) is 2.49. The maximum Gasteiger partial charge on any atom is 0.271 e. The van der Waals surface area contributed by atoms with Gasteiger partial charge in [0.1, 0.15) is 17.4 Å². The predicted molar refractivity (Wildman–Crippen MR) is 56.7 cm³/mol. The average molecular weight is 216 g/mol. The van der Waals surface area contributed by atoms with Crippen LogP contribution in [0, 0.1) is 33.8 Å². The first-order valence-corrected chi connectivity index (χ1v) is 4.39. The Morgan fingerprint density at radius 1 is 1.62 bits per heavy atom. The first-order chi connectivity index (χ1) is 7.58. The third-order valence-corrected chi connectivity index (χ3v) is 1.83. The van der Waals surface area contributed by atoms with Gasteiger partial charge in [0.05, 0.1) is 4.92 Å². The number of nitrogens with zero attached hydrogens (tertiary/aromatic N) is 2. The van der Waals surface area contributed by atoms with Gasteiger partial charge in [-0.25, -0.2) is 0 Å². The summed E-state index contributed by atoms with van der Waals surface area (Å²) < 4.78 is 5.24. The molecular formula is C11H8N2O3. The molecule has 1 rings (SSSR count). The smallest absolute Gasteiger partial charge is 0.271 e. The molecule has 0 N–H and O–H groups in total. The highest BCUT2D eigenvalue weighted by molar-refractivity contribution is 5.50. The summed E-state index contributed by atoms with van der Waals surface area (Å²) in [6.07, 6.45) is 4.63. The van der Waals surface area contributed by atoms with Crippen molar-refractivity contribution in [2.75, 3.05) is 0 Å². The Morgan fingerprint density at radius 2 is 2.31 bits per heavy atom. The fraction of sp³-hybridized carbons (Fsp3) is 0.182. The van der Waals surface area contributed by atoms with Crippen LogP contribution < -0.4 is 4.74 Å². The lowest BCUT2D eigenvalue weighted by molar-refractivity contribution is -0.384. The Kier molecular flexibility index (Phi) is 3.47. The normalized spacial score (nSPS) is 10.9. The summed E-state index contributed by atoms with van der Waals surface area (Å²) in [4.78, 5) is 9.91. The Labute approximate surface area is 92.4 Å². The zero-order chi connectivity index (χ0) is 12.1. The maximum atomic E-state index is 10.5. The van der Waals surface area contributed by atoms with E-state index in [1.165, 1.54) is 12.1 Å². The molecule has 16 heavy (non-hydrogen) atoms. The van der Waals surface area contributed by atoms with Crippen molar-refractivity contribution in [3.63, 3.8) is 0 Å². The van der Waals surface area contributed by atoms with Crippen LogP contribution in [-0.2, 0) is 0 Å². The molecule has 1 atom stereocenters. The van der Waals surface area contributed by atoms with E-state index in [0.717, 1.165) is 6.07 Å². The first-order valence-electron chi connectivity index (χ1n) is 4.39. The molecule has 1 aromatic rings. The lowest BCUT2D eigenvalue weighted by atomic mass is 10.2. The van der Waals surface area contributed by atoms with E-state index in [-0.39, 0.29) is 17.0 Å². The van der Waals surface area contributed by atoms with Gasteiger partial charge in [0, 0.05) is 12.1 Å². The monoisotopic (exact) mass is 216 g/mol. The minimum atomic E-state index is -0.574. The predicted octanol–water partition coefficient (Wildman–Crippen LogP) is 1.87. The van der Waals surface area contributed by atoms with Crippen LogP contribution in [0.5, 0.6) is 5.75 Å². The van der Waals surface area contributed by atoms with Crippen LogP contribution in [0.15, 0.2) is 18.2 Å². The van der Waals surface area contributed by atoms with E-state index in [1.54, 1.807) is 6.92 Å². The molecule has 0 aromatic heterocycles. The molecule has 0 radical (unpaired) electrons.